The molecule has 0 aliphatic carbocycles. The average Bonchev–Trinajstić information content (AvgIpc) is 2.03. The molecule has 2 unspecified atom stereocenters. The maximum absolute atomic E-state index is 9.19. The standard InChI is InChI=1S/C9H18N2O2/c1-7-5-11(6-8(2)12)4-3-9(7)10-13/h7-8,12-13H,3-6H2,1-2H3. The zero-order valence-corrected chi connectivity index (χ0v) is 8.27. The maximum atomic E-state index is 9.19. The van der Waals surface area contributed by atoms with Crippen LogP contribution in [0.25, 0.3) is 0 Å². The van der Waals surface area contributed by atoms with E-state index in [9.17, 15) is 5.11 Å². The topological polar surface area (TPSA) is 56.1 Å². The minimum Gasteiger partial charge on any atom is -0.411 e. The first kappa shape index (κ1) is 10.5. The van der Waals surface area contributed by atoms with Crippen LogP contribution >= 0.6 is 0 Å². The quantitative estimate of drug-likeness (QED) is 0.489. The number of rotatable bonds is 2. The van der Waals surface area contributed by atoms with Crippen molar-refractivity contribution in [3.8, 4) is 0 Å². The Hall–Kier alpha value is -0.610. The normalized spacial score (nSPS) is 30.7. The Morgan fingerprint density at radius 1 is 1.69 bits per heavy atom. The van der Waals surface area contributed by atoms with E-state index in [1.807, 2.05) is 6.92 Å². The number of likely N-dealkylation sites (tertiary alicyclic amines) is 1. The molecule has 1 aliphatic heterocycles. The molecule has 1 heterocycles. The summed E-state index contributed by atoms with van der Waals surface area (Å²) in [7, 11) is 0. The third-order valence-corrected chi connectivity index (χ3v) is 2.44. The molecule has 2 N–H and O–H groups in total. The Morgan fingerprint density at radius 2 is 2.38 bits per heavy atom. The van der Waals surface area contributed by atoms with Gasteiger partial charge in [-0.05, 0) is 6.92 Å². The number of aliphatic hydroxyl groups excluding tert-OH is 1. The SMILES string of the molecule is CC(O)CN1CCC(=NO)C(C)C1. The maximum Gasteiger partial charge on any atom is 0.0639 e. The second-order valence-electron chi connectivity index (χ2n) is 3.85. The highest BCUT2D eigenvalue weighted by molar-refractivity contribution is 5.86. The summed E-state index contributed by atoms with van der Waals surface area (Å²) in [4.78, 5) is 2.20. The van der Waals surface area contributed by atoms with Gasteiger partial charge in [-0.25, -0.2) is 0 Å². The van der Waals surface area contributed by atoms with Gasteiger partial charge in [-0.15, -0.1) is 0 Å². The number of hydrogen-bond acceptors (Lipinski definition) is 4. The van der Waals surface area contributed by atoms with Crippen LogP contribution in [0.15, 0.2) is 5.16 Å². The molecule has 2 atom stereocenters. The van der Waals surface area contributed by atoms with E-state index in [1.165, 1.54) is 0 Å². The molecule has 0 saturated carbocycles. The second-order valence-corrected chi connectivity index (χ2v) is 3.85. The van der Waals surface area contributed by atoms with E-state index in [4.69, 9.17) is 5.21 Å². The van der Waals surface area contributed by atoms with Crippen molar-refractivity contribution in [1.29, 1.82) is 0 Å². The molecular weight excluding hydrogens is 168 g/mol. The number of piperidine rings is 1. The van der Waals surface area contributed by atoms with Crippen LogP contribution in [0, 0.1) is 5.92 Å². The van der Waals surface area contributed by atoms with Crippen LogP contribution in [0.4, 0.5) is 0 Å². The second kappa shape index (κ2) is 4.58. The first-order valence-electron chi connectivity index (χ1n) is 4.74. The summed E-state index contributed by atoms with van der Waals surface area (Å²) in [5.41, 5.74) is 0.877. The molecule has 1 saturated heterocycles. The Bertz CT molecular complexity index is 192. The highest BCUT2D eigenvalue weighted by Crippen LogP contribution is 2.13. The minimum atomic E-state index is -0.278. The average molecular weight is 186 g/mol. The van der Waals surface area contributed by atoms with Crippen molar-refractivity contribution >= 4 is 5.71 Å². The third kappa shape index (κ3) is 2.97. The van der Waals surface area contributed by atoms with E-state index in [0.29, 0.717) is 12.5 Å². The molecule has 0 aromatic rings. The summed E-state index contributed by atoms with van der Waals surface area (Å²) < 4.78 is 0. The van der Waals surface area contributed by atoms with Crippen molar-refractivity contribution in [2.75, 3.05) is 19.6 Å². The predicted molar refractivity (Wildman–Crippen MR) is 51.1 cm³/mol. The summed E-state index contributed by atoms with van der Waals surface area (Å²) >= 11 is 0. The fourth-order valence-electron chi connectivity index (χ4n) is 1.79. The molecule has 1 fully saturated rings. The van der Waals surface area contributed by atoms with Crippen LogP contribution in [0.2, 0.25) is 0 Å². The Kier molecular flexibility index (Phi) is 3.69. The molecule has 1 rings (SSSR count). The first-order chi connectivity index (χ1) is 6.13. The largest absolute Gasteiger partial charge is 0.411 e. The van der Waals surface area contributed by atoms with Gasteiger partial charge >= 0.3 is 0 Å². The van der Waals surface area contributed by atoms with E-state index in [1.54, 1.807) is 6.92 Å². The molecular formula is C9H18N2O2. The van der Waals surface area contributed by atoms with Gasteiger partial charge in [-0.2, -0.15) is 0 Å². The Labute approximate surface area is 78.9 Å². The molecule has 0 spiro atoms. The van der Waals surface area contributed by atoms with Gasteiger partial charge in [0.15, 0.2) is 0 Å². The van der Waals surface area contributed by atoms with Gasteiger partial charge in [0.25, 0.3) is 0 Å². The smallest absolute Gasteiger partial charge is 0.0639 e. The van der Waals surface area contributed by atoms with Crippen molar-refractivity contribution in [2.45, 2.75) is 26.4 Å². The zero-order chi connectivity index (χ0) is 9.84. The van der Waals surface area contributed by atoms with Crippen LogP contribution in [0.3, 0.4) is 0 Å². The van der Waals surface area contributed by atoms with Crippen LogP contribution in [-0.4, -0.2) is 46.7 Å². The molecule has 0 amide bonds. The lowest BCUT2D eigenvalue weighted by Gasteiger charge is -2.31. The number of nitrogens with zero attached hydrogens (tertiary/aromatic N) is 2. The van der Waals surface area contributed by atoms with Gasteiger partial charge in [0.2, 0.25) is 0 Å². The molecule has 13 heavy (non-hydrogen) atoms. The molecule has 0 radical (unpaired) electrons. The summed E-state index contributed by atoms with van der Waals surface area (Å²) in [6.45, 7) is 6.31. The van der Waals surface area contributed by atoms with Crippen molar-refractivity contribution in [3.05, 3.63) is 0 Å². The summed E-state index contributed by atoms with van der Waals surface area (Å²) in [6.07, 6.45) is 0.532. The van der Waals surface area contributed by atoms with Gasteiger partial charge in [-0.1, -0.05) is 12.1 Å². The fourth-order valence-corrected chi connectivity index (χ4v) is 1.79. The van der Waals surface area contributed by atoms with E-state index < -0.39 is 0 Å². The highest BCUT2D eigenvalue weighted by atomic mass is 16.4. The minimum absolute atomic E-state index is 0.278. The van der Waals surface area contributed by atoms with E-state index >= 15 is 0 Å². The van der Waals surface area contributed by atoms with E-state index in [0.717, 1.165) is 25.2 Å². The molecule has 76 valence electrons. The van der Waals surface area contributed by atoms with Crippen LogP contribution in [0.5, 0.6) is 0 Å². The first-order valence-corrected chi connectivity index (χ1v) is 4.74. The summed E-state index contributed by atoms with van der Waals surface area (Å²) in [5, 5.41) is 21.1. The third-order valence-electron chi connectivity index (χ3n) is 2.44. The van der Waals surface area contributed by atoms with Gasteiger partial charge in [0.1, 0.15) is 0 Å². The highest BCUT2D eigenvalue weighted by Gasteiger charge is 2.22. The van der Waals surface area contributed by atoms with Crippen LogP contribution < -0.4 is 0 Å². The van der Waals surface area contributed by atoms with Crippen molar-refractivity contribution in [1.82, 2.24) is 4.90 Å². The van der Waals surface area contributed by atoms with Crippen molar-refractivity contribution in [2.24, 2.45) is 11.1 Å². The Morgan fingerprint density at radius 3 is 2.85 bits per heavy atom. The van der Waals surface area contributed by atoms with Gasteiger partial charge in [-0.3, -0.25) is 4.90 Å². The van der Waals surface area contributed by atoms with Crippen molar-refractivity contribution < 1.29 is 10.3 Å². The molecule has 0 aromatic heterocycles. The monoisotopic (exact) mass is 186 g/mol. The van der Waals surface area contributed by atoms with E-state index in [2.05, 4.69) is 10.1 Å². The molecule has 0 aromatic carbocycles. The summed E-state index contributed by atoms with van der Waals surface area (Å²) in [5.74, 6) is 0.303. The predicted octanol–water partition coefficient (Wildman–Crippen LogP) is 0.539. The van der Waals surface area contributed by atoms with Crippen LogP contribution in [-0.2, 0) is 0 Å². The number of hydrogen-bond donors (Lipinski definition) is 2. The van der Waals surface area contributed by atoms with Gasteiger partial charge in [0.05, 0.1) is 11.8 Å². The lowest BCUT2D eigenvalue weighted by Crippen LogP contribution is -2.42. The number of oxime groups is 1. The number of β-amino-alcohol motifs (C(OH)–C–C–N with tert-alkyl or cyclic N) is 1. The summed E-state index contributed by atoms with van der Waals surface area (Å²) in [6, 6.07) is 0. The van der Waals surface area contributed by atoms with Crippen LogP contribution in [0.1, 0.15) is 20.3 Å². The molecule has 4 nitrogen and oxygen atoms in total. The lowest BCUT2D eigenvalue weighted by molar-refractivity contribution is 0.118. The zero-order valence-electron chi connectivity index (χ0n) is 8.27. The molecule has 0 bridgehead atoms. The van der Waals surface area contributed by atoms with Gasteiger partial charge < -0.3 is 10.3 Å². The van der Waals surface area contributed by atoms with Gasteiger partial charge in [0, 0.05) is 32.0 Å². The fraction of sp³-hybridized carbons (Fsp3) is 0.889. The Balaban J connectivity index is 2.41. The number of aliphatic hydroxyl groups is 1. The molecule has 4 heteroatoms. The molecule has 1 aliphatic rings. The van der Waals surface area contributed by atoms with Crippen molar-refractivity contribution in [3.63, 3.8) is 0 Å². The lowest BCUT2D eigenvalue weighted by atomic mass is 9.97. The van der Waals surface area contributed by atoms with E-state index in [-0.39, 0.29) is 6.10 Å².